The van der Waals surface area contributed by atoms with Crippen molar-refractivity contribution in [3.8, 4) is 5.88 Å². The van der Waals surface area contributed by atoms with E-state index in [0.717, 1.165) is 18.5 Å². The van der Waals surface area contributed by atoms with Gasteiger partial charge >= 0.3 is 0 Å². The number of ether oxygens (including phenoxy) is 1. The van der Waals surface area contributed by atoms with Crippen LogP contribution in [0, 0.1) is 0 Å². The van der Waals surface area contributed by atoms with Gasteiger partial charge in [0.05, 0.1) is 13.7 Å². The van der Waals surface area contributed by atoms with E-state index in [4.69, 9.17) is 10.5 Å². The molecule has 0 radical (unpaired) electrons. The van der Waals surface area contributed by atoms with Crippen LogP contribution in [0.4, 0.5) is 0 Å². The first kappa shape index (κ1) is 12.6. The van der Waals surface area contributed by atoms with Crippen molar-refractivity contribution < 1.29 is 4.74 Å². The molecule has 1 unspecified atom stereocenters. The molecule has 2 N–H and O–H groups in total. The molecule has 4 heteroatoms. The van der Waals surface area contributed by atoms with Crippen LogP contribution in [0.2, 0.25) is 0 Å². The second-order valence-electron chi connectivity index (χ2n) is 4.48. The summed E-state index contributed by atoms with van der Waals surface area (Å²) in [4.78, 5) is 4.21. The van der Waals surface area contributed by atoms with Crippen LogP contribution < -0.4 is 10.5 Å². The van der Waals surface area contributed by atoms with E-state index in [1.807, 2.05) is 25.1 Å². The average molecular weight is 245 g/mol. The lowest BCUT2D eigenvalue weighted by Crippen LogP contribution is -2.20. The van der Waals surface area contributed by atoms with Gasteiger partial charge in [0, 0.05) is 36.1 Å². The first-order chi connectivity index (χ1) is 8.70. The van der Waals surface area contributed by atoms with Gasteiger partial charge in [0.25, 0.3) is 0 Å². The number of rotatable bonds is 5. The Balaban J connectivity index is 2.21. The van der Waals surface area contributed by atoms with E-state index in [1.54, 1.807) is 13.3 Å². The molecule has 0 aliphatic heterocycles. The zero-order valence-electron chi connectivity index (χ0n) is 10.8. The van der Waals surface area contributed by atoms with E-state index in [0.29, 0.717) is 5.88 Å². The van der Waals surface area contributed by atoms with Crippen LogP contribution in [-0.2, 0) is 13.0 Å². The summed E-state index contributed by atoms with van der Waals surface area (Å²) < 4.78 is 7.45. The van der Waals surface area contributed by atoms with Crippen molar-refractivity contribution in [2.45, 2.75) is 25.9 Å². The molecule has 1 atom stereocenters. The van der Waals surface area contributed by atoms with E-state index in [2.05, 4.69) is 21.8 Å². The normalized spacial score (nSPS) is 12.4. The van der Waals surface area contributed by atoms with Gasteiger partial charge < -0.3 is 15.0 Å². The monoisotopic (exact) mass is 245 g/mol. The molecular formula is C14H19N3O. The molecular weight excluding hydrogens is 226 g/mol. The second kappa shape index (κ2) is 5.69. The fourth-order valence-electron chi connectivity index (χ4n) is 2.03. The van der Waals surface area contributed by atoms with Crippen molar-refractivity contribution in [1.29, 1.82) is 0 Å². The van der Waals surface area contributed by atoms with Gasteiger partial charge in [-0.1, -0.05) is 6.07 Å². The van der Waals surface area contributed by atoms with E-state index >= 15 is 0 Å². The summed E-state index contributed by atoms with van der Waals surface area (Å²) in [7, 11) is 1.64. The van der Waals surface area contributed by atoms with Gasteiger partial charge in [0.15, 0.2) is 0 Å². The highest BCUT2D eigenvalue weighted by molar-refractivity contribution is 5.26. The van der Waals surface area contributed by atoms with Crippen LogP contribution in [0.5, 0.6) is 5.88 Å². The summed E-state index contributed by atoms with van der Waals surface area (Å²) in [5, 5.41) is 0. The summed E-state index contributed by atoms with van der Waals surface area (Å²) in [5.41, 5.74) is 8.16. The maximum Gasteiger partial charge on any atom is 0.218 e. The third-order valence-electron chi connectivity index (χ3n) is 2.84. The van der Waals surface area contributed by atoms with E-state index in [-0.39, 0.29) is 6.04 Å². The zero-order valence-corrected chi connectivity index (χ0v) is 10.8. The van der Waals surface area contributed by atoms with Crippen molar-refractivity contribution in [3.05, 3.63) is 47.9 Å². The van der Waals surface area contributed by atoms with Crippen LogP contribution in [-0.4, -0.2) is 22.7 Å². The Labute approximate surface area is 107 Å². The molecule has 0 aliphatic rings. The number of aromatic nitrogens is 2. The van der Waals surface area contributed by atoms with Crippen LogP contribution in [0.3, 0.4) is 0 Å². The minimum atomic E-state index is 0.162. The summed E-state index contributed by atoms with van der Waals surface area (Å²) in [6, 6.07) is 8.26. The van der Waals surface area contributed by atoms with Gasteiger partial charge in [-0.15, -0.1) is 0 Å². The number of methoxy groups -OCH3 is 1. The molecule has 0 amide bonds. The number of nitrogens with zero attached hydrogens (tertiary/aromatic N) is 2. The Morgan fingerprint density at radius 1 is 1.39 bits per heavy atom. The van der Waals surface area contributed by atoms with Crippen molar-refractivity contribution in [2.75, 3.05) is 7.11 Å². The van der Waals surface area contributed by atoms with Gasteiger partial charge in [0.2, 0.25) is 5.88 Å². The van der Waals surface area contributed by atoms with Crippen molar-refractivity contribution >= 4 is 0 Å². The SMILES string of the molecule is COc1ncccc1Cn1cccc1CC(C)N. The molecule has 0 aliphatic carbocycles. The van der Waals surface area contributed by atoms with Crippen LogP contribution >= 0.6 is 0 Å². The van der Waals surface area contributed by atoms with E-state index < -0.39 is 0 Å². The van der Waals surface area contributed by atoms with Gasteiger partial charge in [-0.2, -0.15) is 0 Å². The molecule has 4 nitrogen and oxygen atoms in total. The molecule has 0 aromatic carbocycles. The van der Waals surface area contributed by atoms with E-state index in [9.17, 15) is 0 Å². The van der Waals surface area contributed by atoms with Crippen molar-refractivity contribution in [1.82, 2.24) is 9.55 Å². The fraction of sp³-hybridized carbons (Fsp3) is 0.357. The molecule has 18 heavy (non-hydrogen) atoms. The molecule has 96 valence electrons. The van der Waals surface area contributed by atoms with Gasteiger partial charge in [0.1, 0.15) is 0 Å². The molecule has 2 aromatic rings. The Bertz CT molecular complexity index is 505. The molecule has 2 heterocycles. The maximum absolute atomic E-state index is 5.85. The number of nitrogens with two attached hydrogens (primary N) is 1. The largest absolute Gasteiger partial charge is 0.481 e. The van der Waals surface area contributed by atoms with Crippen LogP contribution in [0.15, 0.2) is 36.7 Å². The quantitative estimate of drug-likeness (QED) is 0.874. The highest BCUT2D eigenvalue weighted by Gasteiger charge is 2.08. The average Bonchev–Trinajstić information content (AvgIpc) is 2.76. The summed E-state index contributed by atoms with van der Waals surface area (Å²) in [6.07, 6.45) is 4.67. The Morgan fingerprint density at radius 3 is 2.94 bits per heavy atom. The number of hydrogen-bond donors (Lipinski definition) is 1. The predicted molar refractivity (Wildman–Crippen MR) is 71.7 cm³/mol. The third-order valence-corrected chi connectivity index (χ3v) is 2.84. The Hall–Kier alpha value is -1.81. The minimum Gasteiger partial charge on any atom is -0.481 e. The Morgan fingerprint density at radius 2 is 2.22 bits per heavy atom. The van der Waals surface area contributed by atoms with Crippen LogP contribution in [0.25, 0.3) is 0 Å². The Kier molecular flexibility index (Phi) is 3.99. The highest BCUT2D eigenvalue weighted by atomic mass is 16.5. The molecule has 0 spiro atoms. The maximum atomic E-state index is 5.85. The van der Waals surface area contributed by atoms with Crippen molar-refractivity contribution in [3.63, 3.8) is 0 Å². The van der Waals surface area contributed by atoms with Gasteiger partial charge in [-0.05, 0) is 25.1 Å². The van der Waals surface area contributed by atoms with Crippen LogP contribution in [0.1, 0.15) is 18.2 Å². The molecule has 2 rings (SSSR count). The molecule has 0 saturated carbocycles. The zero-order chi connectivity index (χ0) is 13.0. The lowest BCUT2D eigenvalue weighted by atomic mass is 10.2. The smallest absolute Gasteiger partial charge is 0.218 e. The summed E-state index contributed by atoms with van der Waals surface area (Å²) in [5.74, 6) is 0.679. The molecule has 2 aromatic heterocycles. The summed E-state index contributed by atoms with van der Waals surface area (Å²) in [6.45, 7) is 2.77. The van der Waals surface area contributed by atoms with Crippen molar-refractivity contribution in [2.24, 2.45) is 5.73 Å². The minimum absolute atomic E-state index is 0.162. The summed E-state index contributed by atoms with van der Waals surface area (Å²) >= 11 is 0. The predicted octanol–water partition coefficient (Wildman–Crippen LogP) is 1.83. The lowest BCUT2D eigenvalue weighted by molar-refractivity contribution is 0.391. The standard InChI is InChI=1S/C14H19N3O/c1-11(15)9-13-6-4-8-17(13)10-12-5-3-7-16-14(12)18-2/h3-8,11H,9-10,15H2,1-2H3. The molecule has 0 saturated heterocycles. The highest BCUT2D eigenvalue weighted by Crippen LogP contribution is 2.17. The molecule has 0 fully saturated rings. The fourth-order valence-corrected chi connectivity index (χ4v) is 2.03. The number of pyridine rings is 1. The topological polar surface area (TPSA) is 53.1 Å². The second-order valence-corrected chi connectivity index (χ2v) is 4.48. The van der Waals surface area contributed by atoms with Gasteiger partial charge in [-0.25, -0.2) is 4.98 Å². The number of hydrogen-bond acceptors (Lipinski definition) is 3. The third kappa shape index (κ3) is 2.90. The molecule has 0 bridgehead atoms. The first-order valence-electron chi connectivity index (χ1n) is 6.08. The van der Waals surface area contributed by atoms with E-state index in [1.165, 1.54) is 5.69 Å². The lowest BCUT2D eigenvalue weighted by Gasteiger charge is -2.12. The first-order valence-corrected chi connectivity index (χ1v) is 6.08. The van der Waals surface area contributed by atoms with Gasteiger partial charge in [-0.3, -0.25) is 0 Å².